The summed E-state index contributed by atoms with van der Waals surface area (Å²) in [6.07, 6.45) is 2.75. The van der Waals surface area contributed by atoms with Crippen molar-refractivity contribution >= 4 is 0 Å². The van der Waals surface area contributed by atoms with E-state index in [2.05, 4.69) is 19.2 Å². The van der Waals surface area contributed by atoms with E-state index in [0.717, 1.165) is 38.5 Å². The Balaban J connectivity index is 3.14. The van der Waals surface area contributed by atoms with Crippen LogP contribution in [0.25, 0.3) is 0 Å². The third kappa shape index (κ3) is 15.9. The number of ether oxygens (including phenoxy) is 3. The normalized spacial score (nSPS) is 13.1. The highest BCUT2D eigenvalue weighted by Crippen LogP contribution is 2.03. The van der Waals surface area contributed by atoms with Crippen molar-refractivity contribution in [3.63, 3.8) is 0 Å². The van der Waals surface area contributed by atoms with Crippen LogP contribution in [-0.4, -0.2) is 64.4 Å². The Bertz CT molecular complexity index is 191. The summed E-state index contributed by atoms with van der Waals surface area (Å²) in [6, 6.07) is 0. The Morgan fingerprint density at radius 1 is 1.00 bits per heavy atom. The highest BCUT2D eigenvalue weighted by molar-refractivity contribution is 4.58. The summed E-state index contributed by atoms with van der Waals surface area (Å²) < 4.78 is 15.7. The van der Waals surface area contributed by atoms with Gasteiger partial charge in [-0.15, -0.1) is 0 Å². The van der Waals surface area contributed by atoms with Gasteiger partial charge in [-0.2, -0.15) is 0 Å². The SMILES string of the molecule is COCCOCCCNCC(O)COCCCC(C)C. The molecule has 0 saturated heterocycles. The predicted molar refractivity (Wildman–Crippen MR) is 81.1 cm³/mol. The molecule has 0 aromatic heterocycles. The first-order valence-electron chi connectivity index (χ1n) is 7.70. The van der Waals surface area contributed by atoms with Crippen molar-refractivity contribution < 1.29 is 19.3 Å². The molecule has 0 spiro atoms. The standard InChI is InChI=1S/C15H33NO4/c1-14(2)6-4-8-20-13-15(17)12-16-7-5-9-19-11-10-18-3/h14-17H,4-13H2,1-3H3. The predicted octanol–water partition coefficient (Wildman–Crippen LogP) is 1.44. The Morgan fingerprint density at radius 3 is 2.45 bits per heavy atom. The fourth-order valence-corrected chi connectivity index (χ4v) is 1.68. The summed E-state index contributed by atoms with van der Waals surface area (Å²) in [5.41, 5.74) is 0. The van der Waals surface area contributed by atoms with Crippen LogP contribution < -0.4 is 5.32 Å². The lowest BCUT2D eigenvalue weighted by atomic mass is 10.1. The number of aliphatic hydroxyl groups is 1. The van der Waals surface area contributed by atoms with Gasteiger partial charge in [0.1, 0.15) is 0 Å². The lowest BCUT2D eigenvalue weighted by molar-refractivity contribution is 0.0341. The fraction of sp³-hybridized carbons (Fsp3) is 1.00. The molecular weight excluding hydrogens is 258 g/mol. The van der Waals surface area contributed by atoms with Gasteiger partial charge in [0.15, 0.2) is 0 Å². The summed E-state index contributed by atoms with van der Waals surface area (Å²) in [5, 5.41) is 12.9. The van der Waals surface area contributed by atoms with Gasteiger partial charge in [-0.25, -0.2) is 0 Å². The summed E-state index contributed by atoms with van der Waals surface area (Å²) >= 11 is 0. The first-order valence-corrected chi connectivity index (χ1v) is 7.70. The molecule has 0 aromatic rings. The van der Waals surface area contributed by atoms with Crippen molar-refractivity contribution in [2.45, 2.75) is 39.2 Å². The molecule has 0 bridgehead atoms. The van der Waals surface area contributed by atoms with Crippen LogP contribution in [-0.2, 0) is 14.2 Å². The molecule has 0 saturated carbocycles. The van der Waals surface area contributed by atoms with E-state index in [1.165, 1.54) is 6.42 Å². The lowest BCUT2D eigenvalue weighted by Crippen LogP contribution is -2.31. The lowest BCUT2D eigenvalue weighted by Gasteiger charge is -2.13. The maximum atomic E-state index is 9.70. The second kappa shape index (κ2) is 15.2. The number of hydrogen-bond donors (Lipinski definition) is 2. The van der Waals surface area contributed by atoms with Crippen LogP contribution in [0.5, 0.6) is 0 Å². The van der Waals surface area contributed by atoms with Crippen molar-refractivity contribution in [2.75, 3.05) is 53.2 Å². The van der Waals surface area contributed by atoms with Crippen LogP contribution in [0.2, 0.25) is 0 Å². The third-order valence-electron chi connectivity index (χ3n) is 2.83. The van der Waals surface area contributed by atoms with Gasteiger partial charge in [0.25, 0.3) is 0 Å². The molecule has 122 valence electrons. The smallest absolute Gasteiger partial charge is 0.0897 e. The molecule has 0 rings (SSSR count). The zero-order valence-electron chi connectivity index (χ0n) is 13.4. The zero-order chi connectivity index (χ0) is 15.1. The summed E-state index contributed by atoms with van der Waals surface area (Å²) in [7, 11) is 1.66. The Kier molecular flexibility index (Phi) is 15.0. The number of methoxy groups -OCH3 is 1. The minimum Gasteiger partial charge on any atom is -0.389 e. The molecule has 2 N–H and O–H groups in total. The zero-order valence-corrected chi connectivity index (χ0v) is 13.4. The van der Waals surface area contributed by atoms with E-state index in [1.807, 2.05) is 0 Å². The average Bonchev–Trinajstić information content (AvgIpc) is 2.41. The van der Waals surface area contributed by atoms with Crippen LogP contribution >= 0.6 is 0 Å². The number of rotatable bonds is 15. The van der Waals surface area contributed by atoms with E-state index in [4.69, 9.17) is 14.2 Å². The monoisotopic (exact) mass is 291 g/mol. The molecule has 1 atom stereocenters. The molecule has 5 heteroatoms. The largest absolute Gasteiger partial charge is 0.389 e. The van der Waals surface area contributed by atoms with E-state index >= 15 is 0 Å². The van der Waals surface area contributed by atoms with Crippen LogP contribution in [0.15, 0.2) is 0 Å². The summed E-state index contributed by atoms with van der Waals surface area (Å²) in [4.78, 5) is 0. The average molecular weight is 291 g/mol. The van der Waals surface area contributed by atoms with Gasteiger partial charge < -0.3 is 24.6 Å². The highest BCUT2D eigenvalue weighted by Gasteiger charge is 2.03. The molecule has 0 radical (unpaired) electrons. The first kappa shape index (κ1) is 19.8. The third-order valence-corrected chi connectivity index (χ3v) is 2.83. The van der Waals surface area contributed by atoms with Gasteiger partial charge in [-0.05, 0) is 31.7 Å². The highest BCUT2D eigenvalue weighted by atomic mass is 16.5. The van der Waals surface area contributed by atoms with E-state index in [1.54, 1.807) is 7.11 Å². The van der Waals surface area contributed by atoms with E-state index in [-0.39, 0.29) is 0 Å². The van der Waals surface area contributed by atoms with E-state index in [0.29, 0.717) is 26.4 Å². The quantitative estimate of drug-likeness (QED) is 0.447. The summed E-state index contributed by atoms with van der Waals surface area (Å²) in [6.45, 7) is 8.98. The molecule has 0 aromatic carbocycles. The Labute approximate surface area is 124 Å². The van der Waals surface area contributed by atoms with Crippen molar-refractivity contribution in [1.29, 1.82) is 0 Å². The summed E-state index contributed by atoms with van der Waals surface area (Å²) in [5.74, 6) is 0.719. The van der Waals surface area contributed by atoms with E-state index in [9.17, 15) is 5.11 Å². The maximum absolute atomic E-state index is 9.70. The van der Waals surface area contributed by atoms with Crippen LogP contribution in [0.4, 0.5) is 0 Å². The van der Waals surface area contributed by atoms with Crippen LogP contribution in [0, 0.1) is 5.92 Å². The van der Waals surface area contributed by atoms with Gasteiger partial charge in [0.05, 0.1) is 25.9 Å². The second-order valence-electron chi connectivity index (χ2n) is 5.43. The topological polar surface area (TPSA) is 60.0 Å². The van der Waals surface area contributed by atoms with Gasteiger partial charge in [-0.1, -0.05) is 13.8 Å². The first-order chi connectivity index (χ1) is 9.66. The van der Waals surface area contributed by atoms with Crippen molar-refractivity contribution in [1.82, 2.24) is 5.32 Å². The van der Waals surface area contributed by atoms with Crippen LogP contribution in [0.1, 0.15) is 33.1 Å². The Morgan fingerprint density at radius 2 is 1.75 bits per heavy atom. The number of aliphatic hydroxyl groups excluding tert-OH is 1. The second-order valence-corrected chi connectivity index (χ2v) is 5.43. The molecule has 0 aliphatic rings. The van der Waals surface area contributed by atoms with Crippen molar-refractivity contribution in [3.05, 3.63) is 0 Å². The van der Waals surface area contributed by atoms with Crippen molar-refractivity contribution in [2.24, 2.45) is 5.92 Å². The molecule has 0 fully saturated rings. The van der Waals surface area contributed by atoms with Gasteiger partial charge in [0.2, 0.25) is 0 Å². The van der Waals surface area contributed by atoms with Gasteiger partial charge in [0, 0.05) is 26.9 Å². The van der Waals surface area contributed by atoms with Crippen LogP contribution in [0.3, 0.4) is 0 Å². The van der Waals surface area contributed by atoms with Gasteiger partial charge in [-0.3, -0.25) is 0 Å². The Hall–Kier alpha value is -0.200. The number of hydrogen-bond acceptors (Lipinski definition) is 5. The minimum absolute atomic E-state index is 0.412. The molecule has 0 aliphatic heterocycles. The molecule has 20 heavy (non-hydrogen) atoms. The van der Waals surface area contributed by atoms with E-state index < -0.39 is 6.10 Å². The number of nitrogens with one attached hydrogen (secondary N) is 1. The molecule has 5 nitrogen and oxygen atoms in total. The molecular formula is C15H33NO4. The fourth-order valence-electron chi connectivity index (χ4n) is 1.68. The van der Waals surface area contributed by atoms with Crippen molar-refractivity contribution in [3.8, 4) is 0 Å². The van der Waals surface area contributed by atoms with Gasteiger partial charge >= 0.3 is 0 Å². The maximum Gasteiger partial charge on any atom is 0.0897 e. The minimum atomic E-state index is -0.427. The molecule has 0 amide bonds. The molecule has 0 aliphatic carbocycles. The molecule has 0 heterocycles. The molecule has 1 unspecified atom stereocenters.